The molecule has 3 N–H and O–H groups in total. The number of para-hydroxylation sites is 1. The second kappa shape index (κ2) is 15.5. The molecule has 3 aromatic carbocycles. The zero-order valence-electron chi connectivity index (χ0n) is 26.5. The second-order valence-electron chi connectivity index (χ2n) is 12.4. The molecule has 4 aromatic rings. The first kappa shape index (κ1) is 33.4. The number of aromatic nitrogens is 1. The van der Waals surface area contributed by atoms with Gasteiger partial charge in [-0.15, -0.1) is 0 Å². The summed E-state index contributed by atoms with van der Waals surface area (Å²) in [7, 11) is 1.76. The molecule has 238 valence electrons. The summed E-state index contributed by atoms with van der Waals surface area (Å²) in [5.41, 5.74) is 6.47. The van der Waals surface area contributed by atoms with Crippen molar-refractivity contribution < 1.29 is 24.2 Å². The third-order valence-corrected chi connectivity index (χ3v) is 7.49. The molecule has 45 heavy (non-hydrogen) atoms. The number of fused-ring (bicyclic) bond motifs is 1. The fourth-order valence-corrected chi connectivity index (χ4v) is 5.49. The number of esters is 1. The van der Waals surface area contributed by atoms with Gasteiger partial charge >= 0.3 is 11.9 Å². The van der Waals surface area contributed by atoms with Gasteiger partial charge in [-0.05, 0) is 62.9 Å². The van der Waals surface area contributed by atoms with Gasteiger partial charge in [0.05, 0.1) is 12.8 Å². The van der Waals surface area contributed by atoms with E-state index in [0.29, 0.717) is 24.9 Å². The number of carboxylic acids is 1. The highest BCUT2D eigenvalue weighted by molar-refractivity contribution is 5.94. The Morgan fingerprint density at radius 3 is 2.22 bits per heavy atom. The van der Waals surface area contributed by atoms with Gasteiger partial charge in [0, 0.05) is 54.9 Å². The maximum absolute atomic E-state index is 13.4. The van der Waals surface area contributed by atoms with Crippen molar-refractivity contribution in [2.45, 2.75) is 64.1 Å². The molecule has 0 aliphatic carbocycles. The lowest BCUT2D eigenvalue weighted by molar-refractivity contribution is -0.155. The molecule has 1 aromatic heterocycles. The lowest BCUT2D eigenvalue weighted by atomic mass is 10.0. The Kier molecular flexibility index (Phi) is 11.5. The molecule has 0 aliphatic rings. The van der Waals surface area contributed by atoms with E-state index in [1.807, 2.05) is 105 Å². The van der Waals surface area contributed by atoms with Gasteiger partial charge in [-0.25, -0.2) is 5.01 Å². The zero-order chi connectivity index (χ0) is 32.4. The van der Waals surface area contributed by atoms with E-state index in [1.54, 1.807) is 24.1 Å². The molecule has 9 heteroatoms. The molecule has 0 spiro atoms. The third kappa shape index (κ3) is 10.3. The predicted octanol–water partition coefficient (Wildman–Crippen LogP) is 5.48. The van der Waals surface area contributed by atoms with E-state index in [4.69, 9.17) is 4.74 Å². The maximum atomic E-state index is 13.4. The van der Waals surface area contributed by atoms with Crippen molar-refractivity contribution in [2.24, 2.45) is 0 Å². The Labute approximate surface area is 265 Å². The van der Waals surface area contributed by atoms with Crippen LogP contribution in [0.15, 0.2) is 91.1 Å². The molecule has 0 unspecified atom stereocenters. The Morgan fingerprint density at radius 2 is 1.56 bits per heavy atom. The summed E-state index contributed by atoms with van der Waals surface area (Å²) in [5.74, 6) is -1.41. The van der Waals surface area contributed by atoms with Crippen LogP contribution in [0.2, 0.25) is 0 Å². The first-order valence-electron chi connectivity index (χ1n) is 15.3. The summed E-state index contributed by atoms with van der Waals surface area (Å²) >= 11 is 0. The van der Waals surface area contributed by atoms with Crippen LogP contribution in [0, 0.1) is 0 Å². The van der Waals surface area contributed by atoms with Gasteiger partial charge < -0.3 is 19.7 Å². The number of ether oxygens (including phenoxy) is 1. The van der Waals surface area contributed by atoms with Gasteiger partial charge in [0.15, 0.2) is 0 Å². The van der Waals surface area contributed by atoms with Crippen LogP contribution >= 0.6 is 0 Å². The first-order valence-corrected chi connectivity index (χ1v) is 15.3. The first-order chi connectivity index (χ1) is 21.5. The topological polar surface area (TPSA) is 115 Å². The van der Waals surface area contributed by atoms with E-state index >= 15 is 0 Å². The van der Waals surface area contributed by atoms with Crippen molar-refractivity contribution in [3.63, 3.8) is 0 Å². The summed E-state index contributed by atoms with van der Waals surface area (Å²) in [6, 6.07) is 26.2. The van der Waals surface area contributed by atoms with Gasteiger partial charge in [0.1, 0.15) is 5.60 Å². The Bertz CT molecular complexity index is 1550. The highest BCUT2D eigenvalue weighted by Crippen LogP contribution is 2.21. The van der Waals surface area contributed by atoms with E-state index in [1.165, 1.54) is 0 Å². The van der Waals surface area contributed by atoms with Crippen LogP contribution in [0.1, 0.15) is 55.1 Å². The minimum Gasteiger partial charge on any atom is -0.481 e. The highest BCUT2D eigenvalue weighted by Gasteiger charge is 2.28. The fraction of sp³-hybridized carbons (Fsp3) is 0.361. The van der Waals surface area contributed by atoms with E-state index in [2.05, 4.69) is 10.4 Å². The Morgan fingerprint density at radius 1 is 0.911 bits per heavy atom. The van der Waals surface area contributed by atoms with Crippen molar-refractivity contribution >= 4 is 28.7 Å². The van der Waals surface area contributed by atoms with Crippen LogP contribution in [-0.2, 0) is 27.2 Å². The number of H-pyrrole nitrogens is 1. The monoisotopic (exact) mass is 612 g/mol. The van der Waals surface area contributed by atoms with Gasteiger partial charge in [0.25, 0.3) is 5.91 Å². The summed E-state index contributed by atoms with van der Waals surface area (Å²) in [4.78, 5) is 43.4. The van der Waals surface area contributed by atoms with Crippen LogP contribution in [0.3, 0.4) is 0 Å². The molecule has 0 bridgehead atoms. The van der Waals surface area contributed by atoms with Crippen LogP contribution in [0.4, 0.5) is 0 Å². The number of hydrazine groups is 1. The quantitative estimate of drug-likeness (QED) is 0.120. The maximum Gasteiger partial charge on any atom is 0.307 e. The molecule has 9 nitrogen and oxygen atoms in total. The number of carbonyl (C=O) groups excluding carboxylic acids is 2. The summed E-state index contributed by atoms with van der Waals surface area (Å²) in [5, 5.41) is 12.9. The second-order valence-corrected chi connectivity index (χ2v) is 12.4. The van der Waals surface area contributed by atoms with E-state index in [0.717, 1.165) is 22.0 Å². The van der Waals surface area contributed by atoms with E-state index in [9.17, 15) is 19.5 Å². The average Bonchev–Trinajstić information content (AvgIpc) is 3.40. The van der Waals surface area contributed by atoms with Crippen LogP contribution in [-0.4, -0.2) is 75.7 Å². The zero-order valence-corrected chi connectivity index (χ0v) is 26.5. The molecule has 0 fully saturated rings. The van der Waals surface area contributed by atoms with Gasteiger partial charge in [-0.1, -0.05) is 66.7 Å². The number of nitrogens with one attached hydrogen (secondary N) is 2. The number of carbonyl (C=O) groups is 3. The molecular formula is C36H44N4O5. The minimum absolute atomic E-state index is 0.0821. The number of carboxylic acid groups (broad SMARTS) is 1. The lowest BCUT2D eigenvalue weighted by Gasteiger charge is -2.37. The summed E-state index contributed by atoms with van der Waals surface area (Å²) in [6.07, 6.45) is 2.86. The number of aromatic amines is 1. The van der Waals surface area contributed by atoms with E-state index < -0.39 is 17.6 Å². The smallest absolute Gasteiger partial charge is 0.307 e. The summed E-state index contributed by atoms with van der Waals surface area (Å²) < 4.78 is 5.61. The van der Waals surface area contributed by atoms with Crippen LogP contribution in [0.25, 0.3) is 10.9 Å². The number of likely N-dealkylation sites (N-methyl/N-ethyl adjacent to an activating group) is 1. The number of hydrogen-bond donors (Lipinski definition) is 3. The largest absolute Gasteiger partial charge is 0.481 e. The van der Waals surface area contributed by atoms with Crippen molar-refractivity contribution in [3.05, 3.63) is 108 Å². The highest BCUT2D eigenvalue weighted by atomic mass is 16.6. The minimum atomic E-state index is -0.935. The fourth-order valence-electron chi connectivity index (χ4n) is 5.49. The van der Waals surface area contributed by atoms with Gasteiger partial charge in [0.2, 0.25) is 0 Å². The van der Waals surface area contributed by atoms with Gasteiger partial charge in [-0.3, -0.25) is 19.8 Å². The lowest BCUT2D eigenvalue weighted by Crippen LogP contribution is -2.56. The third-order valence-electron chi connectivity index (χ3n) is 7.49. The van der Waals surface area contributed by atoms with Crippen molar-refractivity contribution in [1.29, 1.82) is 0 Å². The molecule has 0 radical (unpaired) electrons. The van der Waals surface area contributed by atoms with Gasteiger partial charge in [-0.2, -0.15) is 0 Å². The number of aliphatic carboxylic acids is 1. The normalized spacial score (nSPS) is 13.0. The average molecular weight is 613 g/mol. The van der Waals surface area contributed by atoms with Crippen LogP contribution in [0.5, 0.6) is 0 Å². The molecule has 0 saturated carbocycles. The Balaban J connectivity index is 1.65. The molecule has 1 amide bonds. The van der Waals surface area contributed by atoms with Crippen molar-refractivity contribution in [2.75, 3.05) is 20.1 Å². The van der Waals surface area contributed by atoms with E-state index in [-0.39, 0.29) is 37.3 Å². The number of hydrogen-bond acceptors (Lipinski definition) is 6. The molecular weight excluding hydrogens is 568 g/mol. The molecule has 2 atom stereocenters. The molecule has 1 heterocycles. The number of nitrogens with zero attached hydrogens (tertiary/aromatic N) is 2. The summed E-state index contributed by atoms with van der Waals surface area (Å²) in [6.45, 7) is 6.06. The standard InChI is InChI=1S/C36H44N4O5/c1-36(2,3)45-34(43)19-20-40(38-29(23-33(41)42)22-28-24-37-32-18-12-11-17-31(28)32)30(21-26-13-7-5-8-14-26)25-39(4)35(44)27-15-9-6-10-16-27/h5-18,24,29-30,37-38H,19-23,25H2,1-4H3,(H,41,42)/t29-,30-/m0/s1. The number of rotatable bonds is 15. The van der Waals surface area contributed by atoms with Crippen molar-refractivity contribution in [1.82, 2.24) is 20.3 Å². The van der Waals surface area contributed by atoms with Crippen LogP contribution < -0.4 is 5.43 Å². The SMILES string of the molecule is CN(C[C@H](Cc1ccccc1)N(CCC(=O)OC(C)(C)C)N[C@H](CC(=O)O)Cc1c[nH]c2ccccc12)C(=O)c1ccccc1. The van der Waals surface area contributed by atoms with Crippen molar-refractivity contribution in [3.8, 4) is 0 Å². The molecule has 0 aliphatic heterocycles. The molecule has 0 saturated heterocycles. The molecule has 4 rings (SSSR count). The number of benzene rings is 3. The Hall–Kier alpha value is -4.47. The number of amides is 1. The predicted molar refractivity (Wildman–Crippen MR) is 176 cm³/mol.